The zero-order valence-corrected chi connectivity index (χ0v) is 12.0. The largest absolute Gasteiger partial charge is 0.299 e. The molecule has 3 nitrogen and oxygen atoms in total. The predicted octanol–water partition coefficient (Wildman–Crippen LogP) is 3.36. The third kappa shape index (κ3) is 3.13. The second kappa shape index (κ2) is 6.16. The molecule has 0 radical (unpaired) electrons. The Bertz CT molecular complexity index is 447. The number of hydrogen-bond donors (Lipinski definition) is 0. The lowest BCUT2D eigenvalue weighted by molar-refractivity contribution is 0.0908. The molecule has 0 unspecified atom stereocenters. The van der Waals surface area contributed by atoms with Gasteiger partial charge in [-0.15, -0.1) is 0 Å². The van der Waals surface area contributed by atoms with Crippen LogP contribution in [-0.2, 0) is 6.54 Å². The van der Waals surface area contributed by atoms with Gasteiger partial charge in [0.1, 0.15) is 11.8 Å². The highest BCUT2D eigenvalue weighted by atomic mass is 15.1. The van der Waals surface area contributed by atoms with Crippen LogP contribution in [0, 0.1) is 16.7 Å². The molecule has 0 N–H and O–H groups in total. The normalized spacial score (nSPS) is 19.0. The van der Waals surface area contributed by atoms with Gasteiger partial charge in [-0.2, -0.15) is 5.26 Å². The van der Waals surface area contributed by atoms with Gasteiger partial charge in [0.05, 0.1) is 0 Å². The summed E-state index contributed by atoms with van der Waals surface area (Å²) in [6, 6.07) is 6.13. The molecule has 1 fully saturated rings. The zero-order valence-electron chi connectivity index (χ0n) is 12.0. The van der Waals surface area contributed by atoms with Crippen molar-refractivity contribution in [3.05, 3.63) is 29.6 Å². The summed E-state index contributed by atoms with van der Waals surface area (Å²) in [5, 5.41) is 9.08. The molecule has 0 aliphatic carbocycles. The van der Waals surface area contributed by atoms with Crippen molar-refractivity contribution < 1.29 is 0 Å². The van der Waals surface area contributed by atoms with Gasteiger partial charge in [-0.05, 0) is 37.4 Å². The number of likely N-dealkylation sites (tertiary alicyclic amines) is 1. The molecule has 0 amide bonds. The van der Waals surface area contributed by atoms with Gasteiger partial charge >= 0.3 is 0 Å². The number of aromatic nitrogens is 1. The molecule has 19 heavy (non-hydrogen) atoms. The van der Waals surface area contributed by atoms with Crippen LogP contribution in [0.2, 0.25) is 0 Å². The van der Waals surface area contributed by atoms with Crippen LogP contribution >= 0.6 is 0 Å². The maximum Gasteiger partial charge on any atom is 0.144 e. The van der Waals surface area contributed by atoms with E-state index >= 15 is 0 Å². The van der Waals surface area contributed by atoms with Crippen LogP contribution < -0.4 is 0 Å². The summed E-state index contributed by atoms with van der Waals surface area (Å²) in [4.78, 5) is 6.60. The fraction of sp³-hybridized carbons (Fsp3) is 0.625. The number of rotatable bonds is 4. The van der Waals surface area contributed by atoms with E-state index in [4.69, 9.17) is 5.26 Å². The Morgan fingerprint density at radius 1 is 1.32 bits per heavy atom. The third-order valence-electron chi connectivity index (χ3n) is 4.81. The van der Waals surface area contributed by atoms with Crippen LogP contribution in [0.5, 0.6) is 0 Å². The van der Waals surface area contributed by atoms with E-state index in [1.54, 1.807) is 6.20 Å². The molecule has 2 heterocycles. The number of nitrogens with zero attached hydrogens (tertiary/aromatic N) is 3. The lowest BCUT2D eigenvalue weighted by Crippen LogP contribution is -2.39. The second-order valence-electron chi connectivity index (χ2n) is 5.61. The first-order valence-electron chi connectivity index (χ1n) is 7.29. The summed E-state index contributed by atoms with van der Waals surface area (Å²) in [5.74, 6) is 0. The molecule has 1 aliphatic heterocycles. The molecular formula is C16H23N3. The third-order valence-corrected chi connectivity index (χ3v) is 4.81. The van der Waals surface area contributed by atoms with Gasteiger partial charge in [-0.3, -0.25) is 4.90 Å². The maximum atomic E-state index is 9.08. The molecule has 0 saturated carbocycles. The molecule has 0 atom stereocenters. The number of piperidine rings is 1. The number of nitriles is 1. The highest BCUT2D eigenvalue weighted by Gasteiger charge is 2.31. The van der Waals surface area contributed by atoms with Gasteiger partial charge in [-0.1, -0.05) is 32.8 Å². The molecule has 2 rings (SSSR count). The number of pyridine rings is 1. The van der Waals surface area contributed by atoms with E-state index in [0.717, 1.165) is 25.2 Å². The monoisotopic (exact) mass is 257 g/mol. The quantitative estimate of drug-likeness (QED) is 0.830. The summed E-state index contributed by atoms with van der Waals surface area (Å²) in [6.07, 6.45) is 6.82. The van der Waals surface area contributed by atoms with Gasteiger partial charge in [0.25, 0.3) is 0 Å². The Hall–Kier alpha value is -1.40. The van der Waals surface area contributed by atoms with Crippen LogP contribution in [0.15, 0.2) is 18.3 Å². The van der Waals surface area contributed by atoms with Crippen molar-refractivity contribution in [3.8, 4) is 6.07 Å². The van der Waals surface area contributed by atoms with Crippen molar-refractivity contribution >= 4 is 0 Å². The fourth-order valence-corrected chi connectivity index (χ4v) is 3.05. The Labute approximate surface area is 116 Å². The van der Waals surface area contributed by atoms with Gasteiger partial charge in [-0.25, -0.2) is 4.98 Å². The van der Waals surface area contributed by atoms with Crippen LogP contribution in [0.1, 0.15) is 50.8 Å². The molecule has 1 aromatic heterocycles. The van der Waals surface area contributed by atoms with Crippen molar-refractivity contribution in [2.45, 2.75) is 46.1 Å². The van der Waals surface area contributed by atoms with E-state index in [9.17, 15) is 0 Å². The predicted molar refractivity (Wildman–Crippen MR) is 76.5 cm³/mol. The summed E-state index contributed by atoms with van der Waals surface area (Å²) >= 11 is 0. The first-order valence-corrected chi connectivity index (χ1v) is 7.29. The van der Waals surface area contributed by atoms with Crippen molar-refractivity contribution in [2.24, 2.45) is 5.41 Å². The van der Waals surface area contributed by atoms with Gasteiger partial charge in [0, 0.05) is 18.3 Å². The summed E-state index contributed by atoms with van der Waals surface area (Å²) in [5.41, 5.74) is 2.19. The summed E-state index contributed by atoms with van der Waals surface area (Å²) < 4.78 is 0. The second-order valence-corrected chi connectivity index (χ2v) is 5.61. The molecular weight excluding hydrogens is 234 g/mol. The fourth-order valence-electron chi connectivity index (χ4n) is 3.05. The average molecular weight is 257 g/mol. The standard InChI is InChI=1S/C16H23N3/c1-3-16(4-2)7-10-19(11-8-16)13-14-6-5-9-18-15(14)12-17/h5-6,9H,3-4,7-8,10-11,13H2,1-2H3. The van der Waals surface area contributed by atoms with Crippen LogP contribution in [-0.4, -0.2) is 23.0 Å². The Morgan fingerprint density at radius 2 is 2.00 bits per heavy atom. The van der Waals surface area contributed by atoms with E-state index < -0.39 is 0 Å². The molecule has 3 heteroatoms. The lowest BCUT2D eigenvalue weighted by atomic mass is 9.74. The van der Waals surface area contributed by atoms with Crippen LogP contribution in [0.3, 0.4) is 0 Å². The van der Waals surface area contributed by atoms with E-state index in [0.29, 0.717) is 11.1 Å². The minimum atomic E-state index is 0.559. The van der Waals surface area contributed by atoms with Crippen LogP contribution in [0.25, 0.3) is 0 Å². The van der Waals surface area contributed by atoms with Crippen molar-refractivity contribution in [3.63, 3.8) is 0 Å². The first kappa shape index (κ1) is 14.0. The van der Waals surface area contributed by atoms with E-state index in [1.165, 1.54) is 25.7 Å². The minimum absolute atomic E-state index is 0.559. The van der Waals surface area contributed by atoms with Crippen molar-refractivity contribution in [2.75, 3.05) is 13.1 Å². The summed E-state index contributed by atoms with van der Waals surface area (Å²) in [7, 11) is 0. The molecule has 0 spiro atoms. The maximum absolute atomic E-state index is 9.08. The molecule has 102 valence electrons. The SMILES string of the molecule is CCC1(CC)CCN(Cc2cccnc2C#N)CC1. The smallest absolute Gasteiger partial charge is 0.144 e. The van der Waals surface area contributed by atoms with Crippen LogP contribution in [0.4, 0.5) is 0 Å². The molecule has 1 aromatic rings. The van der Waals surface area contributed by atoms with E-state index in [-0.39, 0.29) is 0 Å². The van der Waals surface area contributed by atoms with Gasteiger partial charge in [0.15, 0.2) is 0 Å². The molecule has 1 saturated heterocycles. The molecule has 1 aliphatic rings. The van der Waals surface area contributed by atoms with Crippen molar-refractivity contribution in [1.82, 2.24) is 9.88 Å². The topological polar surface area (TPSA) is 39.9 Å². The Kier molecular flexibility index (Phi) is 4.55. The van der Waals surface area contributed by atoms with Crippen molar-refractivity contribution in [1.29, 1.82) is 5.26 Å². The molecule has 0 aromatic carbocycles. The minimum Gasteiger partial charge on any atom is -0.299 e. The average Bonchev–Trinajstić information content (AvgIpc) is 2.49. The van der Waals surface area contributed by atoms with E-state index in [2.05, 4.69) is 29.8 Å². The zero-order chi connectivity index (χ0) is 13.7. The molecule has 0 bridgehead atoms. The van der Waals surface area contributed by atoms with E-state index in [1.807, 2.05) is 12.1 Å². The Morgan fingerprint density at radius 3 is 2.58 bits per heavy atom. The lowest BCUT2D eigenvalue weighted by Gasteiger charge is -2.41. The Balaban J connectivity index is 1.98. The van der Waals surface area contributed by atoms with Gasteiger partial charge < -0.3 is 0 Å². The highest BCUT2D eigenvalue weighted by molar-refractivity contribution is 5.30. The van der Waals surface area contributed by atoms with Gasteiger partial charge in [0.2, 0.25) is 0 Å². The summed E-state index contributed by atoms with van der Waals surface area (Å²) in [6.45, 7) is 7.77. The highest BCUT2D eigenvalue weighted by Crippen LogP contribution is 2.38. The first-order chi connectivity index (χ1) is 9.23. The number of hydrogen-bond acceptors (Lipinski definition) is 3.